The highest BCUT2D eigenvalue weighted by Gasteiger charge is 2.17. The third-order valence-electron chi connectivity index (χ3n) is 4.44. The Morgan fingerprint density at radius 3 is 2.63 bits per heavy atom. The quantitative estimate of drug-likeness (QED) is 0.569. The number of carbonyl (C=O) groups excluding carboxylic acids is 2. The molecule has 0 aliphatic rings. The van der Waals surface area contributed by atoms with Gasteiger partial charge in [-0.3, -0.25) is 14.9 Å². The van der Waals surface area contributed by atoms with E-state index in [9.17, 15) is 9.59 Å². The number of anilines is 1. The van der Waals surface area contributed by atoms with Crippen molar-refractivity contribution in [1.82, 2.24) is 10.3 Å². The van der Waals surface area contributed by atoms with Crippen molar-refractivity contribution in [3.63, 3.8) is 0 Å². The molecule has 0 aliphatic heterocycles. The highest BCUT2D eigenvalue weighted by atomic mass is 32.1. The topological polar surface area (TPSA) is 80.3 Å². The van der Waals surface area contributed by atoms with Gasteiger partial charge in [-0.1, -0.05) is 36.4 Å². The molecule has 1 heterocycles. The van der Waals surface area contributed by atoms with Crippen molar-refractivity contribution < 1.29 is 14.3 Å². The first kappa shape index (κ1) is 21.5. The van der Waals surface area contributed by atoms with Gasteiger partial charge in [-0.15, -0.1) is 11.3 Å². The van der Waals surface area contributed by atoms with Crippen LogP contribution in [0, 0.1) is 6.92 Å². The summed E-state index contributed by atoms with van der Waals surface area (Å²) in [6.45, 7) is 5.82. The van der Waals surface area contributed by atoms with Gasteiger partial charge in [0.25, 0.3) is 5.91 Å². The maximum absolute atomic E-state index is 12.4. The molecule has 0 aliphatic carbocycles. The van der Waals surface area contributed by atoms with Crippen molar-refractivity contribution in [2.75, 3.05) is 11.9 Å². The molecule has 30 heavy (non-hydrogen) atoms. The van der Waals surface area contributed by atoms with Crippen molar-refractivity contribution in [3.8, 4) is 17.0 Å². The maximum Gasteiger partial charge on any atom is 0.266 e. The molecule has 0 unspecified atom stereocenters. The van der Waals surface area contributed by atoms with E-state index in [2.05, 4.69) is 15.6 Å². The average Bonchev–Trinajstić information content (AvgIpc) is 3.16. The zero-order valence-electron chi connectivity index (χ0n) is 17.3. The second-order valence-electron chi connectivity index (χ2n) is 7.03. The number of carbonyl (C=O) groups is 2. The lowest BCUT2D eigenvalue weighted by atomic mass is 10.1. The number of nitrogens with zero attached hydrogens (tertiary/aromatic N) is 1. The molecule has 0 radical (unpaired) electrons. The molecule has 2 aromatic carbocycles. The lowest BCUT2D eigenvalue weighted by Gasteiger charge is -2.14. The minimum absolute atomic E-state index is 0.0257. The molecule has 7 heteroatoms. The number of hydrogen-bond acceptors (Lipinski definition) is 5. The number of nitrogens with one attached hydrogen (secondary N) is 2. The number of hydrogen-bond donors (Lipinski definition) is 2. The average molecular weight is 424 g/mol. The second-order valence-corrected chi connectivity index (χ2v) is 7.89. The van der Waals surface area contributed by atoms with Crippen LogP contribution < -0.4 is 15.4 Å². The number of benzene rings is 2. The van der Waals surface area contributed by atoms with Crippen LogP contribution in [0.5, 0.6) is 5.75 Å². The van der Waals surface area contributed by atoms with Gasteiger partial charge in [-0.2, -0.15) is 0 Å². The largest absolute Gasteiger partial charge is 0.481 e. The number of ether oxygens (including phenoxy) is 1. The van der Waals surface area contributed by atoms with Gasteiger partial charge < -0.3 is 10.1 Å². The number of rotatable bonds is 8. The fourth-order valence-electron chi connectivity index (χ4n) is 2.84. The molecule has 2 N–H and O–H groups in total. The fraction of sp³-hybridized carbons (Fsp3) is 0.261. The van der Waals surface area contributed by atoms with Crippen molar-refractivity contribution >= 4 is 28.3 Å². The van der Waals surface area contributed by atoms with Gasteiger partial charge in [-0.05, 0) is 43.5 Å². The van der Waals surface area contributed by atoms with Crippen LogP contribution in [0.15, 0.2) is 53.9 Å². The van der Waals surface area contributed by atoms with Crippen molar-refractivity contribution in [2.45, 2.75) is 33.3 Å². The fourth-order valence-corrected chi connectivity index (χ4v) is 3.56. The minimum Gasteiger partial charge on any atom is -0.481 e. The first-order valence-electron chi connectivity index (χ1n) is 9.74. The molecule has 1 aromatic heterocycles. The van der Waals surface area contributed by atoms with Crippen LogP contribution in [0.2, 0.25) is 0 Å². The van der Waals surface area contributed by atoms with Crippen LogP contribution in [0.3, 0.4) is 0 Å². The van der Waals surface area contributed by atoms with Crippen LogP contribution >= 0.6 is 11.3 Å². The Morgan fingerprint density at radius 2 is 1.93 bits per heavy atom. The van der Waals surface area contributed by atoms with Crippen LogP contribution in [0.1, 0.15) is 25.0 Å². The van der Waals surface area contributed by atoms with E-state index in [4.69, 9.17) is 4.74 Å². The summed E-state index contributed by atoms with van der Waals surface area (Å²) in [6, 6.07) is 15.6. The summed E-state index contributed by atoms with van der Waals surface area (Å²) < 4.78 is 5.72. The summed E-state index contributed by atoms with van der Waals surface area (Å²) in [6.07, 6.45) is 0.138. The van der Waals surface area contributed by atoms with E-state index in [1.54, 1.807) is 6.92 Å². The molecule has 0 spiro atoms. The molecule has 0 saturated heterocycles. The van der Waals surface area contributed by atoms with Gasteiger partial charge in [0.1, 0.15) is 5.75 Å². The second kappa shape index (κ2) is 10.0. The predicted molar refractivity (Wildman–Crippen MR) is 120 cm³/mol. The molecule has 3 rings (SSSR count). The van der Waals surface area contributed by atoms with Crippen LogP contribution in [-0.4, -0.2) is 29.4 Å². The monoisotopic (exact) mass is 423 g/mol. The van der Waals surface area contributed by atoms with E-state index in [0.717, 1.165) is 28.8 Å². The van der Waals surface area contributed by atoms with Gasteiger partial charge in [0.15, 0.2) is 11.2 Å². The molecular formula is C23H25N3O3S. The Kier molecular flexibility index (Phi) is 7.19. The zero-order valence-corrected chi connectivity index (χ0v) is 18.1. The Labute approximate surface area is 180 Å². The van der Waals surface area contributed by atoms with E-state index in [1.165, 1.54) is 18.3 Å². The Hall–Kier alpha value is -3.19. The highest BCUT2D eigenvalue weighted by Crippen LogP contribution is 2.25. The summed E-state index contributed by atoms with van der Waals surface area (Å²) in [5.41, 5.74) is 3.99. The molecule has 6 nitrogen and oxygen atoms in total. The minimum atomic E-state index is -0.637. The van der Waals surface area contributed by atoms with Gasteiger partial charge in [0.05, 0.1) is 5.69 Å². The SMILES string of the molecule is CC(=O)NCCc1ccc(-c2csc(NC(=O)[C@@H](C)Oc3cccc(C)c3)n2)cc1. The number of aryl methyl sites for hydroxylation is 1. The van der Waals surface area contributed by atoms with Gasteiger partial charge in [0, 0.05) is 24.4 Å². The molecule has 0 bridgehead atoms. The third-order valence-corrected chi connectivity index (χ3v) is 5.20. The van der Waals surface area contributed by atoms with E-state index < -0.39 is 6.10 Å². The maximum atomic E-state index is 12.4. The van der Waals surface area contributed by atoms with E-state index in [1.807, 2.05) is 60.8 Å². The number of thiazole rings is 1. The van der Waals surface area contributed by atoms with Crippen LogP contribution in [0.25, 0.3) is 11.3 Å². The third kappa shape index (κ3) is 6.15. The smallest absolute Gasteiger partial charge is 0.266 e. The van der Waals surface area contributed by atoms with E-state index in [0.29, 0.717) is 17.4 Å². The van der Waals surface area contributed by atoms with E-state index in [-0.39, 0.29) is 11.8 Å². The summed E-state index contributed by atoms with van der Waals surface area (Å²) >= 11 is 1.37. The molecule has 3 aromatic rings. The Bertz CT molecular complexity index is 1010. The Morgan fingerprint density at radius 1 is 1.17 bits per heavy atom. The summed E-state index contributed by atoms with van der Waals surface area (Å²) in [5, 5.41) is 8.05. The first-order valence-corrected chi connectivity index (χ1v) is 10.6. The van der Waals surface area contributed by atoms with Gasteiger partial charge in [-0.25, -0.2) is 4.98 Å². The number of aromatic nitrogens is 1. The lowest BCUT2D eigenvalue weighted by molar-refractivity contribution is -0.122. The summed E-state index contributed by atoms with van der Waals surface area (Å²) in [4.78, 5) is 27.9. The van der Waals surface area contributed by atoms with Gasteiger partial charge >= 0.3 is 0 Å². The standard InChI is InChI=1S/C23H25N3O3S/c1-15-5-4-6-20(13-15)29-16(2)22(28)26-23-25-21(14-30-23)19-9-7-18(8-10-19)11-12-24-17(3)27/h4-10,13-14,16H,11-12H2,1-3H3,(H,24,27)(H,25,26,28)/t16-/m1/s1. The highest BCUT2D eigenvalue weighted by molar-refractivity contribution is 7.14. The molecule has 0 fully saturated rings. The summed E-state index contributed by atoms with van der Waals surface area (Å²) in [5.74, 6) is 0.393. The lowest BCUT2D eigenvalue weighted by Crippen LogP contribution is -2.30. The molecule has 156 valence electrons. The van der Waals surface area contributed by atoms with Crippen molar-refractivity contribution in [2.24, 2.45) is 0 Å². The van der Waals surface area contributed by atoms with Crippen molar-refractivity contribution in [3.05, 3.63) is 65.0 Å². The van der Waals surface area contributed by atoms with Crippen LogP contribution in [0.4, 0.5) is 5.13 Å². The molecule has 0 saturated carbocycles. The first-order chi connectivity index (χ1) is 14.4. The molecular weight excluding hydrogens is 398 g/mol. The van der Waals surface area contributed by atoms with Crippen molar-refractivity contribution in [1.29, 1.82) is 0 Å². The zero-order chi connectivity index (χ0) is 21.5. The normalized spacial score (nSPS) is 11.6. The summed E-state index contributed by atoms with van der Waals surface area (Å²) in [7, 11) is 0. The van der Waals surface area contributed by atoms with Crippen LogP contribution in [-0.2, 0) is 16.0 Å². The Balaban J connectivity index is 1.56. The predicted octanol–water partition coefficient (Wildman–Crippen LogP) is 4.20. The molecule has 2 amide bonds. The molecule has 1 atom stereocenters. The van der Waals surface area contributed by atoms with Gasteiger partial charge in [0.2, 0.25) is 5.91 Å². The number of amides is 2. The van der Waals surface area contributed by atoms with E-state index >= 15 is 0 Å².